The van der Waals surface area contributed by atoms with Crippen molar-refractivity contribution in [3.8, 4) is 5.75 Å². The van der Waals surface area contributed by atoms with Crippen LogP contribution in [0.5, 0.6) is 5.75 Å². The molecule has 8 nitrogen and oxygen atoms in total. The first-order valence-electron chi connectivity index (χ1n) is 12.8. The number of anilines is 1. The number of halogens is 1. The highest BCUT2D eigenvalue weighted by atomic mass is 35.5. The Balaban J connectivity index is 2.06. The number of carbonyl (C=O) groups is 2. The Bertz CT molecular complexity index is 1440. The fraction of sp³-hybridized carbons (Fsp3) is 0.333. The number of hydrogen-bond acceptors (Lipinski definition) is 5. The predicted molar refractivity (Wildman–Crippen MR) is 158 cm³/mol. The van der Waals surface area contributed by atoms with Crippen molar-refractivity contribution in [2.45, 2.75) is 57.6 Å². The highest BCUT2D eigenvalue weighted by molar-refractivity contribution is 7.92. The molecule has 0 aliphatic heterocycles. The monoisotopic (exact) mass is 585 g/mol. The van der Waals surface area contributed by atoms with Gasteiger partial charge in [-0.1, -0.05) is 48.0 Å². The van der Waals surface area contributed by atoms with Crippen molar-refractivity contribution >= 4 is 39.1 Å². The zero-order chi connectivity index (χ0) is 29.7. The van der Waals surface area contributed by atoms with E-state index in [0.29, 0.717) is 16.3 Å². The normalized spacial score (nSPS) is 12.4. The van der Waals surface area contributed by atoms with Gasteiger partial charge in [0.25, 0.3) is 10.0 Å². The molecule has 0 spiro atoms. The van der Waals surface area contributed by atoms with Gasteiger partial charge in [0.1, 0.15) is 18.3 Å². The largest absolute Gasteiger partial charge is 0.497 e. The van der Waals surface area contributed by atoms with E-state index in [1.165, 1.54) is 17.0 Å². The number of methoxy groups -OCH3 is 1. The van der Waals surface area contributed by atoms with Gasteiger partial charge in [-0.15, -0.1) is 0 Å². The third-order valence-electron chi connectivity index (χ3n) is 6.30. The third kappa shape index (κ3) is 7.55. The molecular weight excluding hydrogens is 550 g/mol. The second-order valence-corrected chi connectivity index (χ2v) is 12.8. The number of ether oxygens (including phenoxy) is 1. The molecule has 10 heteroatoms. The summed E-state index contributed by atoms with van der Waals surface area (Å²) in [6.45, 7) is 8.42. The Labute approximate surface area is 241 Å². The lowest BCUT2D eigenvalue weighted by molar-refractivity contribution is -0.140. The molecule has 0 heterocycles. The van der Waals surface area contributed by atoms with E-state index in [0.717, 1.165) is 9.87 Å². The number of hydrogen-bond donors (Lipinski definition) is 1. The Morgan fingerprint density at radius 1 is 0.975 bits per heavy atom. The van der Waals surface area contributed by atoms with Gasteiger partial charge in [0.2, 0.25) is 11.8 Å². The Morgan fingerprint density at radius 3 is 2.17 bits per heavy atom. The number of benzene rings is 3. The molecule has 0 aromatic heterocycles. The first kappa shape index (κ1) is 31.0. The van der Waals surface area contributed by atoms with Crippen LogP contribution in [0.1, 0.15) is 38.8 Å². The van der Waals surface area contributed by atoms with Crippen molar-refractivity contribution in [3.63, 3.8) is 0 Å². The highest BCUT2D eigenvalue weighted by Crippen LogP contribution is 2.31. The van der Waals surface area contributed by atoms with Crippen molar-refractivity contribution in [1.82, 2.24) is 10.2 Å². The van der Waals surface area contributed by atoms with E-state index in [-0.39, 0.29) is 23.0 Å². The Morgan fingerprint density at radius 2 is 1.60 bits per heavy atom. The number of nitrogens with zero attached hydrogens (tertiary/aromatic N) is 2. The number of nitrogens with one attached hydrogen (secondary N) is 1. The first-order chi connectivity index (χ1) is 18.7. The molecule has 1 unspecified atom stereocenters. The summed E-state index contributed by atoms with van der Waals surface area (Å²) in [4.78, 5) is 28.6. The maximum absolute atomic E-state index is 14.0. The summed E-state index contributed by atoms with van der Waals surface area (Å²) < 4.78 is 34.1. The van der Waals surface area contributed by atoms with E-state index < -0.39 is 34.1 Å². The third-order valence-corrected chi connectivity index (χ3v) is 8.48. The van der Waals surface area contributed by atoms with Crippen LogP contribution < -0.4 is 14.4 Å². The van der Waals surface area contributed by atoms with Crippen LogP contribution in [-0.2, 0) is 26.2 Å². The summed E-state index contributed by atoms with van der Waals surface area (Å²) in [5.41, 5.74) is 1.01. The van der Waals surface area contributed by atoms with Gasteiger partial charge in [-0.2, -0.15) is 0 Å². The minimum absolute atomic E-state index is 0.0300. The molecule has 2 amide bonds. The summed E-state index contributed by atoms with van der Waals surface area (Å²) in [6, 6.07) is 19.0. The Kier molecular flexibility index (Phi) is 9.87. The topological polar surface area (TPSA) is 96.0 Å². The van der Waals surface area contributed by atoms with E-state index >= 15 is 0 Å². The van der Waals surface area contributed by atoms with E-state index in [4.69, 9.17) is 16.3 Å². The number of carbonyl (C=O) groups excluding carboxylic acids is 2. The predicted octanol–water partition coefficient (Wildman–Crippen LogP) is 5.18. The molecule has 3 rings (SSSR count). The van der Waals surface area contributed by atoms with Gasteiger partial charge in [-0.25, -0.2) is 8.42 Å². The summed E-state index contributed by atoms with van der Waals surface area (Å²) >= 11 is 6.36. The molecule has 3 aromatic rings. The molecule has 40 heavy (non-hydrogen) atoms. The van der Waals surface area contributed by atoms with Crippen molar-refractivity contribution in [3.05, 3.63) is 88.9 Å². The van der Waals surface area contributed by atoms with Crippen molar-refractivity contribution < 1.29 is 22.7 Å². The first-order valence-corrected chi connectivity index (χ1v) is 14.6. The molecule has 1 N–H and O–H groups in total. The van der Waals surface area contributed by atoms with Crippen LogP contribution in [0.2, 0.25) is 5.02 Å². The van der Waals surface area contributed by atoms with Gasteiger partial charge >= 0.3 is 0 Å². The van der Waals surface area contributed by atoms with Crippen LogP contribution in [0.4, 0.5) is 5.69 Å². The number of rotatable bonds is 10. The minimum atomic E-state index is -4.17. The lowest BCUT2D eigenvalue weighted by Gasteiger charge is -2.34. The van der Waals surface area contributed by atoms with Crippen LogP contribution in [0, 0.1) is 6.92 Å². The molecule has 1 atom stereocenters. The molecule has 214 valence electrons. The lowest BCUT2D eigenvalue weighted by atomic mass is 10.1. The maximum atomic E-state index is 14.0. The molecule has 0 aliphatic rings. The fourth-order valence-corrected chi connectivity index (χ4v) is 5.75. The van der Waals surface area contributed by atoms with Gasteiger partial charge < -0.3 is 15.0 Å². The van der Waals surface area contributed by atoms with Gasteiger partial charge in [0.05, 0.1) is 17.7 Å². The van der Waals surface area contributed by atoms with Crippen LogP contribution in [0.15, 0.2) is 77.7 Å². The molecular formula is C30H36ClN3O5S. The van der Waals surface area contributed by atoms with Gasteiger partial charge in [0.15, 0.2) is 0 Å². The summed E-state index contributed by atoms with van der Waals surface area (Å²) in [5.74, 6) is -0.256. The van der Waals surface area contributed by atoms with Crippen molar-refractivity contribution in [1.29, 1.82) is 0 Å². The van der Waals surface area contributed by atoms with Gasteiger partial charge in [-0.05, 0) is 82.1 Å². The highest BCUT2D eigenvalue weighted by Gasteiger charge is 2.34. The van der Waals surface area contributed by atoms with E-state index in [9.17, 15) is 18.0 Å². The van der Waals surface area contributed by atoms with Crippen LogP contribution >= 0.6 is 11.6 Å². The quantitative estimate of drug-likeness (QED) is 0.353. The van der Waals surface area contributed by atoms with Crippen LogP contribution in [0.25, 0.3) is 0 Å². The zero-order valence-corrected chi connectivity index (χ0v) is 25.2. The summed E-state index contributed by atoms with van der Waals surface area (Å²) in [5, 5.41) is 3.28. The molecule has 0 fully saturated rings. The van der Waals surface area contributed by atoms with E-state index in [1.54, 1.807) is 81.6 Å². The van der Waals surface area contributed by atoms with Crippen LogP contribution in [0.3, 0.4) is 0 Å². The average molecular weight is 586 g/mol. The van der Waals surface area contributed by atoms with E-state index in [1.807, 2.05) is 20.8 Å². The minimum Gasteiger partial charge on any atom is -0.497 e. The molecule has 0 saturated heterocycles. The Hall–Kier alpha value is -3.56. The van der Waals surface area contributed by atoms with Gasteiger partial charge in [0, 0.05) is 17.1 Å². The SMILES string of the molecule is COc1ccc(CN(C(=O)CN(c2cccc(Cl)c2C)S(=O)(=O)c2ccccc2)C(C)C(=O)NC(C)(C)C)cc1. The van der Waals surface area contributed by atoms with E-state index in [2.05, 4.69) is 5.32 Å². The average Bonchev–Trinajstić information content (AvgIpc) is 2.91. The maximum Gasteiger partial charge on any atom is 0.264 e. The standard InChI is InChI=1S/C30H36ClN3O5S/c1-21-26(31)13-10-14-27(21)34(40(37,38)25-11-8-7-9-12-25)20-28(35)33(22(2)29(36)32-30(3,4)5)19-23-15-17-24(39-6)18-16-23/h7-18,22H,19-20H2,1-6H3,(H,32,36). The van der Waals surface area contributed by atoms with Crippen molar-refractivity contribution in [2.75, 3.05) is 18.0 Å². The molecule has 0 bridgehead atoms. The second kappa shape index (κ2) is 12.7. The number of amides is 2. The summed E-state index contributed by atoms with van der Waals surface area (Å²) in [6.07, 6.45) is 0. The van der Waals surface area contributed by atoms with Crippen molar-refractivity contribution in [2.24, 2.45) is 0 Å². The summed E-state index contributed by atoms with van der Waals surface area (Å²) in [7, 11) is -2.61. The van der Waals surface area contributed by atoms with Gasteiger partial charge in [-0.3, -0.25) is 13.9 Å². The van der Waals surface area contributed by atoms with Crippen LogP contribution in [-0.4, -0.2) is 50.4 Å². The zero-order valence-electron chi connectivity index (χ0n) is 23.6. The molecule has 3 aromatic carbocycles. The fourth-order valence-electron chi connectivity index (χ4n) is 4.08. The molecule has 0 aliphatic carbocycles. The lowest BCUT2D eigenvalue weighted by Crippen LogP contribution is -2.54. The number of sulfonamides is 1. The second-order valence-electron chi connectivity index (χ2n) is 10.5. The molecule has 0 radical (unpaired) electrons. The smallest absolute Gasteiger partial charge is 0.264 e. The molecule has 0 saturated carbocycles.